The third kappa shape index (κ3) is 4.47. The largest absolute Gasteiger partial charge is 0.349 e. The van der Waals surface area contributed by atoms with Gasteiger partial charge in [-0.2, -0.15) is 0 Å². The second kappa shape index (κ2) is 7.14. The van der Waals surface area contributed by atoms with Gasteiger partial charge in [-0.05, 0) is 36.5 Å². The summed E-state index contributed by atoms with van der Waals surface area (Å²) in [5, 5.41) is 3.48. The molecule has 4 nitrogen and oxygen atoms in total. The van der Waals surface area contributed by atoms with E-state index >= 15 is 0 Å². The topological polar surface area (TPSA) is 49.4 Å². The number of rotatable bonds is 5. The maximum Gasteiger partial charge on any atom is 0.224 e. The van der Waals surface area contributed by atoms with Crippen molar-refractivity contribution in [2.24, 2.45) is 5.41 Å². The first-order valence-corrected chi connectivity index (χ1v) is 8.04. The minimum atomic E-state index is -0.190. The summed E-state index contributed by atoms with van der Waals surface area (Å²) in [6.07, 6.45) is 4.89. The van der Waals surface area contributed by atoms with Gasteiger partial charge in [0.15, 0.2) is 0 Å². The Morgan fingerprint density at radius 3 is 2.50 bits per heavy atom. The fraction of sp³-hybridized carbons (Fsp3) is 0.529. The molecule has 1 aromatic rings. The van der Waals surface area contributed by atoms with E-state index in [9.17, 15) is 9.59 Å². The SMILES string of the molecule is CN(C)C(=O)CC1(CC(=O)Nc2cccc(Cl)c2)CCCC1. The number of nitrogens with one attached hydrogen (secondary N) is 1. The summed E-state index contributed by atoms with van der Waals surface area (Å²) < 4.78 is 0. The molecule has 0 saturated heterocycles. The van der Waals surface area contributed by atoms with Gasteiger partial charge in [0.25, 0.3) is 0 Å². The van der Waals surface area contributed by atoms with Crippen LogP contribution in [0.5, 0.6) is 0 Å². The maximum atomic E-state index is 12.4. The fourth-order valence-corrected chi connectivity index (χ4v) is 3.32. The van der Waals surface area contributed by atoms with E-state index in [-0.39, 0.29) is 17.2 Å². The molecule has 1 aliphatic carbocycles. The van der Waals surface area contributed by atoms with Gasteiger partial charge in [0.1, 0.15) is 0 Å². The molecule has 0 aromatic heterocycles. The van der Waals surface area contributed by atoms with Crippen molar-refractivity contribution in [2.75, 3.05) is 19.4 Å². The van der Waals surface area contributed by atoms with Crippen LogP contribution in [0.15, 0.2) is 24.3 Å². The number of amides is 2. The van der Waals surface area contributed by atoms with Gasteiger partial charge in [-0.15, -0.1) is 0 Å². The Morgan fingerprint density at radius 1 is 1.23 bits per heavy atom. The minimum Gasteiger partial charge on any atom is -0.349 e. The molecule has 0 aliphatic heterocycles. The van der Waals surface area contributed by atoms with Crippen molar-refractivity contribution < 1.29 is 9.59 Å². The highest BCUT2D eigenvalue weighted by molar-refractivity contribution is 6.30. The van der Waals surface area contributed by atoms with Crippen LogP contribution in [0.4, 0.5) is 5.69 Å². The van der Waals surface area contributed by atoms with Crippen LogP contribution in [0, 0.1) is 5.41 Å². The Bertz CT molecular complexity index is 551. The summed E-state index contributed by atoms with van der Waals surface area (Å²) in [6, 6.07) is 7.12. The Labute approximate surface area is 136 Å². The van der Waals surface area contributed by atoms with E-state index in [0.717, 1.165) is 25.7 Å². The summed E-state index contributed by atoms with van der Waals surface area (Å²) in [4.78, 5) is 26.0. The van der Waals surface area contributed by atoms with E-state index in [1.165, 1.54) is 0 Å². The molecular weight excluding hydrogens is 300 g/mol. The predicted molar refractivity (Wildman–Crippen MR) is 88.9 cm³/mol. The zero-order chi connectivity index (χ0) is 16.2. The second-order valence-corrected chi connectivity index (χ2v) is 6.84. The molecule has 2 amide bonds. The van der Waals surface area contributed by atoms with Crippen LogP contribution in [-0.4, -0.2) is 30.8 Å². The molecule has 1 aromatic carbocycles. The zero-order valence-electron chi connectivity index (χ0n) is 13.2. The number of halogens is 1. The van der Waals surface area contributed by atoms with Crippen molar-refractivity contribution in [2.45, 2.75) is 38.5 Å². The first kappa shape index (κ1) is 16.8. The predicted octanol–water partition coefficient (Wildman–Crippen LogP) is 3.71. The lowest BCUT2D eigenvalue weighted by atomic mass is 9.78. The first-order chi connectivity index (χ1) is 10.4. The minimum absolute atomic E-state index is 0.0456. The lowest BCUT2D eigenvalue weighted by Gasteiger charge is -2.29. The van der Waals surface area contributed by atoms with Crippen LogP contribution in [0.1, 0.15) is 38.5 Å². The standard InChI is InChI=1S/C17H23ClN2O2/c1-20(2)16(22)12-17(8-3-4-9-17)11-15(21)19-14-7-5-6-13(18)10-14/h5-7,10H,3-4,8-9,11-12H2,1-2H3,(H,19,21). The van der Waals surface area contributed by atoms with Crippen molar-refractivity contribution >= 4 is 29.1 Å². The van der Waals surface area contributed by atoms with Crippen molar-refractivity contribution in [1.29, 1.82) is 0 Å². The first-order valence-electron chi connectivity index (χ1n) is 7.66. The molecule has 0 unspecified atom stereocenters. The molecule has 0 radical (unpaired) electrons. The highest BCUT2D eigenvalue weighted by atomic mass is 35.5. The van der Waals surface area contributed by atoms with Crippen molar-refractivity contribution in [1.82, 2.24) is 4.90 Å². The molecule has 22 heavy (non-hydrogen) atoms. The van der Waals surface area contributed by atoms with Gasteiger partial charge in [-0.25, -0.2) is 0 Å². The summed E-state index contributed by atoms with van der Waals surface area (Å²) in [6.45, 7) is 0. The van der Waals surface area contributed by atoms with Gasteiger partial charge in [-0.1, -0.05) is 30.5 Å². The van der Waals surface area contributed by atoms with Gasteiger partial charge in [-0.3, -0.25) is 9.59 Å². The molecule has 1 saturated carbocycles. The van der Waals surface area contributed by atoms with Gasteiger partial charge in [0.05, 0.1) is 0 Å². The van der Waals surface area contributed by atoms with E-state index in [4.69, 9.17) is 11.6 Å². The summed E-state index contributed by atoms with van der Waals surface area (Å²) in [5.74, 6) is 0.0492. The molecule has 0 bridgehead atoms. The van der Waals surface area contributed by atoms with Crippen molar-refractivity contribution in [3.8, 4) is 0 Å². The molecule has 2 rings (SSSR count). The van der Waals surface area contributed by atoms with Crippen LogP contribution in [0.25, 0.3) is 0 Å². The Balaban J connectivity index is 2.01. The Hall–Kier alpha value is -1.55. The van der Waals surface area contributed by atoms with Gasteiger partial charge in [0.2, 0.25) is 11.8 Å². The number of benzene rings is 1. The van der Waals surface area contributed by atoms with E-state index < -0.39 is 0 Å². The summed E-state index contributed by atoms with van der Waals surface area (Å²) in [5.41, 5.74) is 0.508. The smallest absolute Gasteiger partial charge is 0.224 e. The van der Waals surface area contributed by atoms with E-state index in [1.54, 1.807) is 37.2 Å². The van der Waals surface area contributed by atoms with Crippen LogP contribution in [0.3, 0.4) is 0 Å². The lowest BCUT2D eigenvalue weighted by Crippen LogP contribution is -2.32. The highest BCUT2D eigenvalue weighted by Gasteiger charge is 2.38. The quantitative estimate of drug-likeness (QED) is 0.898. The molecule has 5 heteroatoms. The Morgan fingerprint density at radius 2 is 1.91 bits per heavy atom. The van der Waals surface area contributed by atoms with Crippen molar-refractivity contribution in [3.63, 3.8) is 0 Å². The molecule has 1 fully saturated rings. The molecular formula is C17H23ClN2O2. The molecule has 0 heterocycles. The maximum absolute atomic E-state index is 12.4. The Kier molecular flexibility index (Phi) is 5.46. The molecule has 120 valence electrons. The molecule has 0 atom stereocenters. The second-order valence-electron chi connectivity index (χ2n) is 6.41. The van der Waals surface area contributed by atoms with Gasteiger partial charge < -0.3 is 10.2 Å². The zero-order valence-corrected chi connectivity index (χ0v) is 13.9. The molecule has 1 N–H and O–H groups in total. The lowest BCUT2D eigenvalue weighted by molar-refractivity contribution is -0.131. The van der Waals surface area contributed by atoms with Gasteiger partial charge in [0, 0.05) is 37.6 Å². The summed E-state index contributed by atoms with van der Waals surface area (Å²) in [7, 11) is 3.52. The number of carbonyl (C=O) groups excluding carboxylic acids is 2. The van der Waals surface area contributed by atoms with E-state index in [1.807, 2.05) is 6.07 Å². The van der Waals surface area contributed by atoms with Crippen LogP contribution >= 0.6 is 11.6 Å². The van der Waals surface area contributed by atoms with Crippen molar-refractivity contribution in [3.05, 3.63) is 29.3 Å². The highest BCUT2D eigenvalue weighted by Crippen LogP contribution is 2.44. The van der Waals surface area contributed by atoms with Crippen LogP contribution in [-0.2, 0) is 9.59 Å². The fourth-order valence-electron chi connectivity index (χ4n) is 3.13. The molecule has 0 spiro atoms. The normalized spacial score (nSPS) is 16.3. The number of hydrogen-bond donors (Lipinski definition) is 1. The number of nitrogens with zero attached hydrogens (tertiary/aromatic N) is 1. The van der Waals surface area contributed by atoms with E-state index in [2.05, 4.69) is 5.32 Å². The summed E-state index contributed by atoms with van der Waals surface area (Å²) >= 11 is 5.93. The van der Waals surface area contributed by atoms with Crippen LogP contribution < -0.4 is 5.32 Å². The third-order valence-electron chi connectivity index (χ3n) is 4.33. The average Bonchev–Trinajstić information content (AvgIpc) is 2.86. The third-order valence-corrected chi connectivity index (χ3v) is 4.57. The van der Waals surface area contributed by atoms with E-state index in [0.29, 0.717) is 23.6 Å². The number of hydrogen-bond acceptors (Lipinski definition) is 2. The molecule has 1 aliphatic rings. The van der Waals surface area contributed by atoms with Crippen LogP contribution in [0.2, 0.25) is 5.02 Å². The number of carbonyl (C=O) groups is 2. The van der Waals surface area contributed by atoms with Gasteiger partial charge >= 0.3 is 0 Å². The monoisotopic (exact) mass is 322 g/mol. The average molecular weight is 323 g/mol. The number of anilines is 1.